The van der Waals surface area contributed by atoms with Crippen molar-refractivity contribution in [1.29, 1.82) is 0 Å². The number of nitrogens with zero attached hydrogens (tertiary/aromatic N) is 1. The first-order valence-electron chi connectivity index (χ1n) is 10.3. The van der Waals surface area contributed by atoms with Crippen LogP contribution in [0.15, 0.2) is 11.8 Å². The zero-order valence-corrected chi connectivity index (χ0v) is 15.4. The van der Waals surface area contributed by atoms with Crippen LogP contribution in [0, 0.1) is 5.92 Å². The van der Waals surface area contributed by atoms with E-state index in [1.165, 1.54) is 50.6 Å². The molecule has 0 aromatic heterocycles. The molecular formula is C20H33N3O2. The average Bonchev–Trinajstić information content (AvgIpc) is 2.89. The lowest BCUT2D eigenvalue weighted by atomic mass is 9.85. The molecule has 0 aromatic rings. The molecule has 0 radical (unpaired) electrons. The van der Waals surface area contributed by atoms with Gasteiger partial charge in [-0.3, -0.25) is 4.79 Å². The lowest BCUT2D eigenvalue weighted by Gasteiger charge is -2.38. The SMILES string of the molecule is O=C(NCCC(=O)N1CCCC2CCCC=C21)NC1CCCCCC1. The lowest BCUT2D eigenvalue weighted by molar-refractivity contribution is -0.130. The van der Waals surface area contributed by atoms with E-state index in [-0.39, 0.29) is 11.9 Å². The molecule has 0 spiro atoms. The third-order valence-corrected chi connectivity index (χ3v) is 5.89. The number of rotatable bonds is 4. The molecule has 3 aliphatic rings. The van der Waals surface area contributed by atoms with Gasteiger partial charge in [-0.05, 0) is 50.9 Å². The highest BCUT2D eigenvalue weighted by Crippen LogP contribution is 2.35. The Kier molecular flexibility index (Phi) is 6.76. The molecule has 5 nitrogen and oxygen atoms in total. The van der Waals surface area contributed by atoms with E-state index >= 15 is 0 Å². The van der Waals surface area contributed by atoms with Gasteiger partial charge in [0.2, 0.25) is 5.91 Å². The molecule has 2 N–H and O–H groups in total. The van der Waals surface area contributed by atoms with Gasteiger partial charge in [-0.25, -0.2) is 4.79 Å². The van der Waals surface area contributed by atoms with Crippen molar-refractivity contribution >= 4 is 11.9 Å². The Labute approximate surface area is 151 Å². The molecule has 0 aromatic carbocycles. The molecule has 1 aliphatic heterocycles. The second kappa shape index (κ2) is 9.25. The monoisotopic (exact) mass is 347 g/mol. The normalized spacial score (nSPS) is 24.7. The number of likely N-dealkylation sites (tertiary alicyclic amines) is 1. The van der Waals surface area contributed by atoms with Gasteiger partial charge in [0.05, 0.1) is 0 Å². The number of fused-ring (bicyclic) bond motifs is 1. The molecule has 1 atom stereocenters. The van der Waals surface area contributed by atoms with Crippen LogP contribution < -0.4 is 10.6 Å². The van der Waals surface area contributed by atoms with Gasteiger partial charge in [0.1, 0.15) is 0 Å². The molecule has 3 amide bonds. The largest absolute Gasteiger partial charge is 0.338 e. The first kappa shape index (κ1) is 18.3. The van der Waals surface area contributed by atoms with Crippen molar-refractivity contribution in [3.8, 4) is 0 Å². The van der Waals surface area contributed by atoms with Crippen LogP contribution in [0.3, 0.4) is 0 Å². The minimum absolute atomic E-state index is 0.117. The molecular weight excluding hydrogens is 314 g/mol. The maximum Gasteiger partial charge on any atom is 0.315 e. The Bertz CT molecular complexity index is 495. The predicted molar refractivity (Wildman–Crippen MR) is 99.0 cm³/mol. The predicted octanol–water partition coefficient (Wildman–Crippen LogP) is 3.70. The number of urea groups is 1. The van der Waals surface area contributed by atoms with Crippen molar-refractivity contribution < 1.29 is 9.59 Å². The molecule has 1 heterocycles. The summed E-state index contributed by atoms with van der Waals surface area (Å²) in [7, 11) is 0. The topological polar surface area (TPSA) is 61.4 Å². The van der Waals surface area contributed by atoms with E-state index in [0.717, 1.165) is 32.2 Å². The van der Waals surface area contributed by atoms with Crippen molar-refractivity contribution in [3.05, 3.63) is 11.8 Å². The Morgan fingerprint density at radius 3 is 2.56 bits per heavy atom. The van der Waals surface area contributed by atoms with Crippen LogP contribution in [0.2, 0.25) is 0 Å². The third kappa shape index (κ3) is 5.23. The standard InChI is InChI=1S/C20H33N3O2/c24-19(23-15-7-9-16-8-5-6-12-18(16)23)13-14-21-20(25)22-17-10-3-1-2-4-11-17/h12,16-17H,1-11,13-15H2,(H2,21,22,25). The van der Waals surface area contributed by atoms with Gasteiger partial charge >= 0.3 is 6.03 Å². The van der Waals surface area contributed by atoms with E-state index in [2.05, 4.69) is 16.7 Å². The molecule has 1 unspecified atom stereocenters. The quantitative estimate of drug-likeness (QED) is 0.762. The summed E-state index contributed by atoms with van der Waals surface area (Å²) in [4.78, 5) is 26.6. The van der Waals surface area contributed by atoms with E-state index in [9.17, 15) is 9.59 Å². The van der Waals surface area contributed by atoms with Crippen molar-refractivity contribution in [2.24, 2.45) is 5.92 Å². The molecule has 1 saturated heterocycles. The van der Waals surface area contributed by atoms with E-state index < -0.39 is 0 Å². The highest BCUT2D eigenvalue weighted by Gasteiger charge is 2.29. The summed E-state index contributed by atoms with van der Waals surface area (Å²) in [5.41, 5.74) is 1.26. The van der Waals surface area contributed by atoms with E-state index in [1.54, 1.807) is 0 Å². The molecule has 2 aliphatic carbocycles. The van der Waals surface area contributed by atoms with E-state index in [4.69, 9.17) is 0 Å². The van der Waals surface area contributed by atoms with Gasteiger partial charge in [0, 0.05) is 31.2 Å². The Hall–Kier alpha value is -1.52. The fraction of sp³-hybridized carbons (Fsp3) is 0.800. The molecule has 2 fully saturated rings. The van der Waals surface area contributed by atoms with E-state index in [0.29, 0.717) is 24.9 Å². The van der Waals surface area contributed by atoms with Gasteiger partial charge in [-0.2, -0.15) is 0 Å². The van der Waals surface area contributed by atoms with Crippen LogP contribution in [-0.2, 0) is 4.79 Å². The second-order valence-electron chi connectivity index (χ2n) is 7.78. The van der Waals surface area contributed by atoms with Crippen molar-refractivity contribution in [2.45, 2.75) is 83.1 Å². The number of hydrogen-bond acceptors (Lipinski definition) is 2. The summed E-state index contributed by atoms with van der Waals surface area (Å²) in [6.45, 7) is 1.27. The van der Waals surface area contributed by atoms with E-state index in [1.807, 2.05) is 4.90 Å². The summed E-state index contributed by atoms with van der Waals surface area (Å²) >= 11 is 0. The van der Waals surface area contributed by atoms with Crippen molar-refractivity contribution in [3.63, 3.8) is 0 Å². The number of piperidine rings is 1. The second-order valence-corrected chi connectivity index (χ2v) is 7.78. The van der Waals surface area contributed by atoms with Gasteiger partial charge < -0.3 is 15.5 Å². The van der Waals surface area contributed by atoms with Crippen LogP contribution in [0.1, 0.15) is 77.0 Å². The summed E-state index contributed by atoms with van der Waals surface area (Å²) in [6, 6.07) is 0.182. The number of carbonyl (C=O) groups is 2. The zero-order valence-electron chi connectivity index (χ0n) is 15.4. The fourth-order valence-electron chi connectivity index (χ4n) is 4.52. The number of allylic oxidation sites excluding steroid dienone is 2. The minimum Gasteiger partial charge on any atom is -0.338 e. The number of hydrogen-bond donors (Lipinski definition) is 2. The van der Waals surface area contributed by atoms with Crippen LogP contribution in [-0.4, -0.2) is 36.0 Å². The summed E-state index contributed by atoms with van der Waals surface area (Å²) in [5, 5.41) is 5.95. The summed E-state index contributed by atoms with van der Waals surface area (Å²) in [6.07, 6.45) is 15.7. The molecule has 25 heavy (non-hydrogen) atoms. The summed E-state index contributed by atoms with van der Waals surface area (Å²) in [5.74, 6) is 0.741. The Balaban J connectivity index is 1.39. The number of amides is 3. The van der Waals surface area contributed by atoms with Crippen molar-refractivity contribution in [1.82, 2.24) is 15.5 Å². The fourth-order valence-corrected chi connectivity index (χ4v) is 4.52. The van der Waals surface area contributed by atoms with Gasteiger partial charge in [0.15, 0.2) is 0 Å². The molecule has 1 saturated carbocycles. The van der Waals surface area contributed by atoms with Crippen molar-refractivity contribution in [2.75, 3.05) is 13.1 Å². The number of carbonyl (C=O) groups excluding carboxylic acids is 2. The molecule has 140 valence electrons. The van der Waals surface area contributed by atoms with Gasteiger partial charge in [0.25, 0.3) is 0 Å². The average molecular weight is 348 g/mol. The third-order valence-electron chi connectivity index (χ3n) is 5.89. The van der Waals surface area contributed by atoms with Crippen LogP contribution in [0.5, 0.6) is 0 Å². The minimum atomic E-state index is -0.117. The van der Waals surface area contributed by atoms with Gasteiger partial charge in [-0.1, -0.05) is 31.8 Å². The lowest BCUT2D eigenvalue weighted by Crippen LogP contribution is -2.44. The molecule has 0 bridgehead atoms. The highest BCUT2D eigenvalue weighted by molar-refractivity contribution is 5.80. The van der Waals surface area contributed by atoms with Crippen LogP contribution in [0.4, 0.5) is 4.79 Å². The smallest absolute Gasteiger partial charge is 0.315 e. The Morgan fingerprint density at radius 1 is 1.00 bits per heavy atom. The van der Waals surface area contributed by atoms with Gasteiger partial charge in [-0.15, -0.1) is 0 Å². The molecule has 3 rings (SSSR count). The Morgan fingerprint density at radius 2 is 1.76 bits per heavy atom. The first-order chi connectivity index (χ1) is 12.2. The highest BCUT2D eigenvalue weighted by atomic mass is 16.2. The maximum absolute atomic E-state index is 12.6. The zero-order chi connectivity index (χ0) is 17.5. The van der Waals surface area contributed by atoms with Crippen LogP contribution >= 0.6 is 0 Å². The molecule has 5 heteroatoms. The number of nitrogens with one attached hydrogen (secondary N) is 2. The van der Waals surface area contributed by atoms with Crippen LogP contribution in [0.25, 0.3) is 0 Å². The first-order valence-corrected chi connectivity index (χ1v) is 10.3. The summed E-state index contributed by atoms with van der Waals surface area (Å²) < 4.78 is 0. The maximum atomic E-state index is 12.6.